The van der Waals surface area contributed by atoms with Gasteiger partial charge in [-0.25, -0.2) is 13.8 Å². The predicted molar refractivity (Wildman–Crippen MR) is 163 cm³/mol. The molecule has 3 rings (SSSR count). The number of hydrogen-bond acceptors (Lipinski definition) is 10. The molecule has 0 atom stereocenters. The fraction of sp³-hybridized carbons (Fsp3) is 0.333. The molecule has 13 heteroatoms. The second kappa shape index (κ2) is 15.5. The van der Waals surface area contributed by atoms with Gasteiger partial charge in [0.25, 0.3) is 15.9 Å². The monoisotopic (exact) mass is 615 g/mol. The third kappa shape index (κ3) is 8.22. The average Bonchev–Trinajstić information content (AvgIpc) is 3.02. The van der Waals surface area contributed by atoms with Crippen LogP contribution in [0.5, 0.6) is 34.5 Å². The molecular weight excluding hydrogens is 578 g/mol. The fourth-order valence-electron chi connectivity index (χ4n) is 3.94. The van der Waals surface area contributed by atoms with Gasteiger partial charge < -0.3 is 28.4 Å². The molecule has 1 amide bonds. The Morgan fingerprint density at radius 2 is 1.51 bits per heavy atom. The molecule has 3 aromatic rings. The number of anilines is 1. The summed E-state index contributed by atoms with van der Waals surface area (Å²) in [6.45, 7) is 4.23. The van der Waals surface area contributed by atoms with E-state index in [1.54, 1.807) is 30.3 Å². The molecule has 43 heavy (non-hydrogen) atoms. The van der Waals surface area contributed by atoms with Gasteiger partial charge in [0.05, 0.1) is 58.5 Å². The number of methoxy groups -OCH3 is 4. The van der Waals surface area contributed by atoms with E-state index < -0.39 is 22.5 Å². The summed E-state index contributed by atoms with van der Waals surface area (Å²) >= 11 is 0. The molecule has 0 aromatic heterocycles. The lowest BCUT2D eigenvalue weighted by atomic mass is 10.2. The van der Waals surface area contributed by atoms with Gasteiger partial charge in [0.15, 0.2) is 23.0 Å². The molecule has 0 radical (unpaired) electrons. The van der Waals surface area contributed by atoms with Crippen LogP contribution in [0.2, 0.25) is 0 Å². The highest BCUT2D eigenvalue weighted by Gasteiger charge is 2.31. The smallest absolute Gasteiger partial charge is 0.265 e. The number of amides is 1. The topological polar surface area (TPSA) is 134 Å². The quantitative estimate of drug-likeness (QED) is 0.185. The molecule has 3 aromatic carbocycles. The second-order valence-electron chi connectivity index (χ2n) is 8.85. The van der Waals surface area contributed by atoms with Crippen molar-refractivity contribution in [2.75, 3.05) is 52.5 Å². The van der Waals surface area contributed by atoms with Crippen molar-refractivity contribution in [1.29, 1.82) is 0 Å². The Kier molecular flexibility index (Phi) is 11.9. The maximum atomic E-state index is 14.0. The number of carbonyl (C=O) groups is 1. The van der Waals surface area contributed by atoms with E-state index in [-0.39, 0.29) is 22.1 Å². The first-order chi connectivity index (χ1) is 20.7. The summed E-state index contributed by atoms with van der Waals surface area (Å²) in [5.41, 5.74) is 3.12. The van der Waals surface area contributed by atoms with Crippen molar-refractivity contribution in [3.63, 3.8) is 0 Å². The minimum atomic E-state index is -4.35. The van der Waals surface area contributed by atoms with Gasteiger partial charge in [-0.2, -0.15) is 5.10 Å². The highest BCUT2D eigenvalue weighted by molar-refractivity contribution is 7.92. The SMILES string of the molecule is CCCOc1ccc(/C=N\NC(=O)CN(c2cc(OC)ccc2OC)S(=O)(=O)c2ccc(OC)c(OC)c2)cc1OCC. The van der Waals surface area contributed by atoms with Crippen molar-refractivity contribution in [2.45, 2.75) is 25.2 Å². The van der Waals surface area contributed by atoms with Crippen molar-refractivity contribution in [3.05, 3.63) is 60.2 Å². The highest BCUT2D eigenvalue weighted by atomic mass is 32.2. The molecule has 0 bridgehead atoms. The summed E-state index contributed by atoms with van der Waals surface area (Å²) in [7, 11) is 1.33. The Bertz CT molecular complexity index is 1530. The van der Waals surface area contributed by atoms with Crippen LogP contribution in [0.3, 0.4) is 0 Å². The number of carbonyl (C=O) groups excluding carboxylic acids is 1. The molecule has 0 spiro atoms. The molecule has 0 aliphatic heterocycles. The lowest BCUT2D eigenvalue weighted by Gasteiger charge is -2.26. The standard InChI is InChI=1S/C30H37N3O9S/c1-7-15-42-27-12-9-21(16-29(27)41-8-2)19-31-32-30(34)20-33(24-17-22(37-3)10-13-25(24)38-4)43(35,36)23-11-14-26(39-5)28(18-23)40-6/h9-14,16-19H,7-8,15,20H2,1-6H3,(H,32,34)/b31-19-. The highest BCUT2D eigenvalue weighted by Crippen LogP contribution is 2.37. The normalized spacial score (nSPS) is 11.1. The van der Waals surface area contributed by atoms with Crippen LogP contribution in [-0.4, -0.2) is 68.7 Å². The zero-order valence-electron chi connectivity index (χ0n) is 25.1. The van der Waals surface area contributed by atoms with Gasteiger partial charge in [-0.15, -0.1) is 0 Å². The Morgan fingerprint density at radius 1 is 0.814 bits per heavy atom. The molecule has 0 aliphatic carbocycles. The van der Waals surface area contributed by atoms with Crippen molar-refractivity contribution in [2.24, 2.45) is 5.10 Å². The van der Waals surface area contributed by atoms with E-state index in [2.05, 4.69) is 10.5 Å². The van der Waals surface area contributed by atoms with Gasteiger partial charge in [0, 0.05) is 12.1 Å². The van der Waals surface area contributed by atoms with E-state index in [0.717, 1.165) is 10.7 Å². The van der Waals surface area contributed by atoms with Crippen LogP contribution in [0, 0.1) is 0 Å². The van der Waals surface area contributed by atoms with E-state index in [0.29, 0.717) is 41.8 Å². The predicted octanol–water partition coefficient (Wildman–Crippen LogP) is 4.25. The summed E-state index contributed by atoms with van der Waals surface area (Å²) < 4.78 is 61.6. The van der Waals surface area contributed by atoms with Crippen molar-refractivity contribution >= 4 is 27.8 Å². The van der Waals surface area contributed by atoms with Crippen LogP contribution >= 0.6 is 0 Å². The van der Waals surface area contributed by atoms with E-state index >= 15 is 0 Å². The lowest BCUT2D eigenvalue weighted by molar-refractivity contribution is -0.119. The zero-order valence-corrected chi connectivity index (χ0v) is 25.9. The van der Waals surface area contributed by atoms with Crippen molar-refractivity contribution in [1.82, 2.24) is 5.43 Å². The Morgan fingerprint density at radius 3 is 2.16 bits per heavy atom. The van der Waals surface area contributed by atoms with Crippen LogP contribution in [0.1, 0.15) is 25.8 Å². The van der Waals surface area contributed by atoms with E-state index in [4.69, 9.17) is 28.4 Å². The van der Waals surface area contributed by atoms with Gasteiger partial charge in [-0.05, 0) is 61.4 Å². The number of nitrogens with one attached hydrogen (secondary N) is 1. The van der Waals surface area contributed by atoms with E-state index in [1.807, 2.05) is 13.8 Å². The second-order valence-corrected chi connectivity index (χ2v) is 10.7. The first-order valence-electron chi connectivity index (χ1n) is 13.4. The van der Waals surface area contributed by atoms with Crippen LogP contribution in [0.25, 0.3) is 0 Å². The summed E-state index contributed by atoms with van der Waals surface area (Å²) in [5, 5.41) is 4.03. The van der Waals surface area contributed by atoms with Gasteiger partial charge in [-0.3, -0.25) is 9.10 Å². The Hall–Kier alpha value is -4.65. The third-order valence-corrected chi connectivity index (χ3v) is 7.77. The minimum absolute atomic E-state index is 0.0831. The molecule has 12 nitrogen and oxygen atoms in total. The number of rotatable bonds is 16. The summed E-state index contributed by atoms with van der Waals surface area (Å²) in [4.78, 5) is 13.0. The number of ether oxygens (including phenoxy) is 6. The molecule has 0 saturated heterocycles. The maximum absolute atomic E-state index is 14.0. The molecule has 232 valence electrons. The number of hydrazone groups is 1. The van der Waals surface area contributed by atoms with Gasteiger partial charge >= 0.3 is 0 Å². The molecule has 0 fully saturated rings. The molecule has 0 heterocycles. The van der Waals surface area contributed by atoms with Crippen LogP contribution in [0.15, 0.2) is 64.6 Å². The zero-order chi connectivity index (χ0) is 31.4. The van der Waals surface area contributed by atoms with Gasteiger partial charge in [0.1, 0.15) is 18.0 Å². The number of sulfonamides is 1. The first-order valence-corrected chi connectivity index (χ1v) is 14.8. The van der Waals surface area contributed by atoms with Crippen molar-refractivity contribution in [3.8, 4) is 34.5 Å². The molecular formula is C30H37N3O9S. The molecule has 0 saturated carbocycles. The largest absolute Gasteiger partial charge is 0.497 e. The summed E-state index contributed by atoms with van der Waals surface area (Å²) in [5.74, 6) is 1.55. The van der Waals surface area contributed by atoms with E-state index in [9.17, 15) is 13.2 Å². The number of hydrogen-bond donors (Lipinski definition) is 1. The van der Waals surface area contributed by atoms with Crippen molar-refractivity contribution < 1.29 is 41.6 Å². The fourth-order valence-corrected chi connectivity index (χ4v) is 5.38. The maximum Gasteiger partial charge on any atom is 0.265 e. The Balaban J connectivity index is 1.93. The summed E-state index contributed by atoms with van der Waals surface area (Å²) in [6, 6.07) is 14.0. The first kappa shape index (κ1) is 32.9. The Labute approximate surface area is 252 Å². The number of nitrogens with zero attached hydrogens (tertiary/aromatic N) is 2. The van der Waals surface area contributed by atoms with Crippen LogP contribution in [-0.2, 0) is 14.8 Å². The van der Waals surface area contributed by atoms with Gasteiger partial charge in [-0.1, -0.05) is 6.92 Å². The minimum Gasteiger partial charge on any atom is -0.497 e. The molecule has 0 aliphatic rings. The van der Waals surface area contributed by atoms with Gasteiger partial charge in [0.2, 0.25) is 0 Å². The lowest BCUT2D eigenvalue weighted by Crippen LogP contribution is -2.39. The van der Waals surface area contributed by atoms with Crippen LogP contribution < -0.4 is 38.2 Å². The molecule has 0 unspecified atom stereocenters. The number of benzene rings is 3. The molecule has 1 N–H and O–H groups in total. The average molecular weight is 616 g/mol. The third-order valence-electron chi connectivity index (χ3n) is 6.02. The van der Waals surface area contributed by atoms with Crippen LogP contribution in [0.4, 0.5) is 5.69 Å². The summed E-state index contributed by atoms with van der Waals surface area (Å²) in [6.07, 6.45) is 2.27. The van der Waals surface area contributed by atoms with E-state index in [1.165, 1.54) is 58.9 Å².